The zero-order chi connectivity index (χ0) is 9.97. The molecule has 0 amide bonds. The minimum atomic E-state index is 0.181. The van der Waals surface area contributed by atoms with Crippen LogP contribution in [0.15, 0.2) is 36.7 Å². The van der Waals surface area contributed by atoms with E-state index in [1.807, 2.05) is 24.3 Å². The van der Waals surface area contributed by atoms with E-state index in [0.29, 0.717) is 6.54 Å². The first-order valence-electron chi connectivity index (χ1n) is 4.30. The van der Waals surface area contributed by atoms with E-state index in [1.54, 1.807) is 10.9 Å². The smallest absolute Gasteiger partial charge is 0.153 e. The third kappa shape index (κ3) is 1.85. The zero-order valence-electron chi connectivity index (χ0n) is 7.59. The van der Waals surface area contributed by atoms with Crippen molar-refractivity contribution in [2.45, 2.75) is 6.54 Å². The zero-order valence-corrected chi connectivity index (χ0v) is 7.59. The summed E-state index contributed by atoms with van der Waals surface area (Å²) in [6, 6.07) is 7.57. The van der Waals surface area contributed by atoms with Crippen LogP contribution in [0.25, 0.3) is 0 Å². The summed E-state index contributed by atoms with van der Waals surface area (Å²) in [6.07, 6.45) is 2.99. The SMILES string of the molecule is Nc1ccc(Cn2cc(O)cn2)cc1. The average Bonchev–Trinajstić information content (AvgIpc) is 2.56. The Morgan fingerprint density at radius 3 is 2.57 bits per heavy atom. The maximum Gasteiger partial charge on any atom is 0.153 e. The molecule has 14 heavy (non-hydrogen) atoms. The van der Waals surface area contributed by atoms with Gasteiger partial charge in [0.1, 0.15) is 0 Å². The fourth-order valence-corrected chi connectivity index (χ4v) is 1.25. The van der Waals surface area contributed by atoms with Crippen LogP contribution in [0, 0.1) is 0 Å². The normalized spacial score (nSPS) is 10.3. The summed E-state index contributed by atoms with van der Waals surface area (Å²) in [6.45, 7) is 0.640. The molecular weight excluding hydrogens is 178 g/mol. The number of nitrogen functional groups attached to an aromatic ring is 1. The molecule has 2 rings (SSSR count). The standard InChI is InChI=1S/C10H11N3O/c11-9-3-1-8(2-4-9)6-13-7-10(14)5-12-13/h1-5,7,14H,6,11H2. The number of hydrogen-bond acceptors (Lipinski definition) is 3. The lowest BCUT2D eigenvalue weighted by Gasteiger charge is -2.01. The summed E-state index contributed by atoms with van der Waals surface area (Å²) in [5, 5.41) is 13.0. The second-order valence-corrected chi connectivity index (χ2v) is 3.14. The van der Waals surface area contributed by atoms with Crippen molar-refractivity contribution in [1.29, 1.82) is 0 Å². The molecule has 2 aromatic rings. The molecule has 1 aromatic carbocycles. The third-order valence-electron chi connectivity index (χ3n) is 1.94. The van der Waals surface area contributed by atoms with Gasteiger partial charge in [-0.3, -0.25) is 4.68 Å². The highest BCUT2D eigenvalue weighted by Gasteiger charge is 1.97. The monoisotopic (exact) mass is 189 g/mol. The number of hydrogen-bond donors (Lipinski definition) is 2. The van der Waals surface area contributed by atoms with E-state index in [-0.39, 0.29) is 5.75 Å². The van der Waals surface area contributed by atoms with Crippen molar-refractivity contribution in [3.05, 3.63) is 42.2 Å². The molecule has 0 spiro atoms. The van der Waals surface area contributed by atoms with Gasteiger partial charge in [0.25, 0.3) is 0 Å². The van der Waals surface area contributed by atoms with Crippen molar-refractivity contribution in [3.8, 4) is 5.75 Å². The number of benzene rings is 1. The Kier molecular flexibility index (Phi) is 2.10. The number of nitrogens with two attached hydrogens (primary N) is 1. The van der Waals surface area contributed by atoms with E-state index in [4.69, 9.17) is 10.8 Å². The van der Waals surface area contributed by atoms with Gasteiger partial charge in [-0.15, -0.1) is 0 Å². The molecule has 4 heteroatoms. The minimum absolute atomic E-state index is 0.181. The van der Waals surface area contributed by atoms with Crippen molar-refractivity contribution < 1.29 is 5.11 Å². The first-order valence-corrected chi connectivity index (χ1v) is 4.30. The van der Waals surface area contributed by atoms with Crippen LogP contribution in [0.4, 0.5) is 5.69 Å². The molecule has 0 unspecified atom stereocenters. The van der Waals surface area contributed by atoms with Gasteiger partial charge in [-0.2, -0.15) is 5.10 Å². The van der Waals surface area contributed by atoms with Crippen molar-refractivity contribution in [2.24, 2.45) is 0 Å². The predicted octanol–water partition coefficient (Wildman–Crippen LogP) is 1.22. The van der Waals surface area contributed by atoms with Crippen LogP contribution >= 0.6 is 0 Å². The number of anilines is 1. The van der Waals surface area contributed by atoms with E-state index >= 15 is 0 Å². The lowest BCUT2D eigenvalue weighted by atomic mass is 10.2. The van der Waals surface area contributed by atoms with Crippen LogP contribution in [0.2, 0.25) is 0 Å². The molecule has 0 radical (unpaired) electrons. The number of aromatic hydroxyl groups is 1. The average molecular weight is 189 g/mol. The lowest BCUT2D eigenvalue weighted by molar-refractivity contribution is 0.474. The van der Waals surface area contributed by atoms with Gasteiger partial charge in [0.15, 0.2) is 5.75 Å². The second-order valence-electron chi connectivity index (χ2n) is 3.14. The number of rotatable bonds is 2. The summed E-state index contributed by atoms with van der Waals surface area (Å²) < 4.78 is 1.67. The van der Waals surface area contributed by atoms with E-state index in [2.05, 4.69) is 5.10 Å². The molecule has 4 nitrogen and oxygen atoms in total. The van der Waals surface area contributed by atoms with Crippen LogP contribution in [0.3, 0.4) is 0 Å². The largest absolute Gasteiger partial charge is 0.505 e. The van der Waals surface area contributed by atoms with Crippen molar-refractivity contribution >= 4 is 5.69 Å². The van der Waals surface area contributed by atoms with Gasteiger partial charge >= 0.3 is 0 Å². The molecule has 72 valence electrons. The Hall–Kier alpha value is -1.97. The Bertz CT molecular complexity index is 419. The highest BCUT2D eigenvalue weighted by molar-refractivity contribution is 5.39. The Morgan fingerprint density at radius 2 is 2.00 bits per heavy atom. The molecule has 0 aliphatic rings. The van der Waals surface area contributed by atoms with Crippen LogP contribution in [0.5, 0.6) is 5.75 Å². The number of aromatic nitrogens is 2. The van der Waals surface area contributed by atoms with Crippen molar-refractivity contribution in [2.75, 3.05) is 5.73 Å². The van der Waals surface area contributed by atoms with Crippen molar-refractivity contribution in [3.63, 3.8) is 0 Å². The second kappa shape index (κ2) is 3.41. The summed E-state index contributed by atoms with van der Waals surface area (Å²) in [7, 11) is 0. The van der Waals surface area contributed by atoms with E-state index in [9.17, 15) is 0 Å². The summed E-state index contributed by atoms with van der Waals surface area (Å²) in [4.78, 5) is 0. The van der Waals surface area contributed by atoms with Gasteiger partial charge in [-0.05, 0) is 17.7 Å². The van der Waals surface area contributed by atoms with Crippen LogP contribution in [0.1, 0.15) is 5.56 Å². The minimum Gasteiger partial charge on any atom is -0.505 e. The van der Waals surface area contributed by atoms with Gasteiger partial charge in [-0.1, -0.05) is 12.1 Å². The molecule has 0 saturated carbocycles. The first kappa shape index (κ1) is 8.62. The van der Waals surface area contributed by atoms with E-state index in [0.717, 1.165) is 11.3 Å². The molecule has 0 bridgehead atoms. The van der Waals surface area contributed by atoms with Gasteiger partial charge in [0.05, 0.1) is 18.9 Å². The van der Waals surface area contributed by atoms with Gasteiger partial charge in [0, 0.05) is 5.69 Å². The van der Waals surface area contributed by atoms with Crippen LogP contribution < -0.4 is 5.73 Å². The van der Waals surface area contributed by atoms with E-state index in [1.165, 1.54) is 6.20 Å². The molecule has 0 saturated heterocycles. The Labute approximate surface area is 81.6 Å². The first-order chi connectivity index (χ1) is 6.74. The maximum absolute atomic E-state index is 9.07. The molecule has 1 heterocycles. The summed E-state index contributed by atoms with van der Waals surface area (Å²) in [5.41, 5.74) is 7.41. The molecule has 1 aromatic heterocycles. The topological polar surface area (TPSA) is 64.1 Å². The van der Waals surface area contributed by atoms with Gasteiger partial charge < -0.3 is 10.8 Å². The van der Waals surface area contributed by atoms with E-state index < -0.39 is 0 Å². The quantitative estimate of drug-likeness (QED) is 0.698. The van der Waals surface area contributed by atoms with Gasteiger partial charge in [0.2, 0.25) is 0 Å². The fraction of sp³-hybridized carbons (Fsp3) is 0.100. The van der Waals surface area contributed by atoms with Crippen LogP contribution in [-0.4, -0.2) is 14.9 Å². The maximum atomic E-state index is 9.07. The molecule has 0 fully saturated rings. The molecule has 0 atom stereocenters. The lowest BCUT2D eigenvalue weighted by Crippen LogP contribution is -1.99. The van der Waals surface area contributed by atoms with Crippen LogP contribution in [-0.2, 0) is 6.54 Å². The predicted molar refractivity (Wildman–Crippen MR) is 53.8 cm³/mol. The molecule has 0 aliphatic heterocycles. The highest BCUT2D eigenvalue weighted by atomic mass is 16.3. The Balaban J connectivity index is 2.15. The number of nitrogens with zero attached hydrogens (tertiary/aromatic N) is 2. The molecular formula is C10H11N3O. The Morgan fingerprint density at radius 1 is 1.29 bits per heavy atom. The summed E-state index contributed by atoms with van der Waals surface area (Å²) in [5.74, 6) is 0.181. The molecule has 0 aliphatic carbocycles. The third-order valence-corrected chi connectivity index (χ3v) is 1.94. The summed E-state index contributed by atoms with van der Waals surface area (Å²) >= 11 is 0. The molecule has 3 N–H and O–H groups in total. The fourth-order valence-electron chi connectivity index (χ4n) is 1.25. The highest BCUT2D eigenvalue weighted by Crippen LogP contribution is 2.09. The van der Waals surface area contributed by atoms with Gasteiger partial charge in [-0.25, -0.2) is 0 Å². The van der Waals surface area contributed by atoms with Crippen molar-refractivity contribution in [1.82, 2.24) is 9.78 Å².